The number of hydrogen-bond acceptors (Lipinski definition) is 5. The van der Waals surface area contributed by atoms with E-state index in [4.69, 9.17) is 0 Å². The van der Waals surface area contributed by atoms with Crippen molar-refractivity contribution in [1.82, 2.24) is 9.80 Å². The van der Waals surface area contributed by atoms with E-state index in [1.807, 2.05) is 0 Å². The first kappa shape index (κ1) is 15.8. The van der Waals surface area contributed by atoms with Crippen LogP contribution in [0.3, 0.4) is 0 Å². The molecule has 2 heterocycles. The number of hydrogen-bond donors (Lipinski definition) is 1. The van der Waals surface area contributed by atoms with E-state index in [1.54, 1.807) is 0 Å². The minimum Gasteiger partial charge on any atom is -0.283 e. The number of likely N-dealkylation sites (tertiary alicyclic amines) is 1. The first-order valence-corrected chi connectivity index (χ1v) is 7.55. The highest BCUT2D eigenvalue weighted by molar-refractivity contribution is 7.85. The second-order valence-electron chi connectivity index (χ2n) is 5.18. The molecule has 2 aliphatic rings. The molecule has 6 nitrogen and oxygen atoms in total. The maximum atomic E-state index is 11.6. The molecule has 0 N–H and O–H groups in total. The molecule has 0 aliphatic carbocycles. The van der Waals surface area contributed by atoms with E-state index in [0.717, 1.165) is 19.3 Å². The first-order valence-electron chi connectivity index (χ1n) is 7.10. The lowest BCUT2D eigenvalue weighted by atomic mass is 10.2. The van der Waals surface area contributed by atoms with E-state index in [-0.39, 0.29) is 28.5 Å². The Balaban J connectivity index is 1.59. The molecular formula is C14H18N2O4S. The Morgan fingerprint density at radius 3 is 1.86 bits per heavy atom. The summed E-state index contributed by atoms with van der Waals surface area (Å²) in [7, 11) is 0. The van der Waals surface area contributed by atoms with Gasteiger partial charge >= 0.3 is 0 Å². The monoisotopic (exact) mass is 310 g/mol. The van der Waals surface area contributed by atoms with Crippen LogP contribution in [-0.2, 0) is 19.2 Å². The number of nitrogens with zero attached hydrogens (tertiary/aromatic N) is 2. The van der Waals surface area contributed by atoms with Gasteiger partial charge in [0.15, 0.2) is 0 Å². The van der Waals surface area contributed by atoms with Crippen molar-refractivity contribution in [2.75, 3.05) is 13.1 Å². The van der Waals surface area contributed by atoms with Crippen molar-refractivity contribution in [2.24, 2.45) is 0 Å². The number of carbonyl (C=O) groups is 4. The Morgan fingerprint density at radius 2 is 1.38 bits per heavy atom. The molecule has 0 saturated carbocycles. The Bertz CT molecular complexity index is 499. The third kappa shape index (κ3) is 3.72. The summed E-state index contributed by atoms with van der Waals surface area (Å²) >= 11 is 3.93. The van der Waals surface area contributed by atoms with Gasteiger partial charge in [-0.3, -0.25) is 29.0 Å². The number of thiol groups is 1. The molecule has 114 valence electrons. The zero-order chi connectivity index (χ0) is 15.4. The lowest BCUT2D eigenvalue weighted by molar-refractivity contribution is -0.139. The van der Waals surface area contributed by atoms with E-state index in [0.29, 0.717) is 32.4 Å². The molecule has 0 unspecified atom stereocenters. The topological polar surface area (TPSA) is 74.8 Å². The predicted octanol–water partition coefficient (Wildman–Crippen LogP) is 0.878. The summed E-state index contributed by atoms with van der Waals surface area (Å²) < 4.78 is 0. The molecule has 2 aliphatic heterocycles. The highest BCUT2D eigenvalue weighted by Crippen LogP contribution is 2.17. The number of amides is 4. The molecule has 1 fully saturated rings. The molecule has 21 heavy (non-hydrogen) atoms. The van der Waals surface area contributed by atoms with Gasteiger partial charge in [-0.05, 0) is 12.8 Å². The van der Waals surface area contributed by atoms with E-state index >= 15 is 0 Å². The van der Waals surface area contributed by atoms with Gasteiger partial charge in [-0.2, -0.15) is 0 Å². The third-order valence-electron chi connectivity index (χ3n) is 3.66. The molecule has 2 rings (SSSR count). The zero-order valence-electron chi connectivity index (χ0n) is 11.7. The average molecular weight is 310 g/mol. The van der Waals surface area contributed by atoms with Crippen LogP contribution in [-0.4, -0.2) is 46.5 Å². The van der Waals surface area contributed by atoms with Crippen LogP contribution in [0.15, 0.2) is 11.0 Å². The van der Waals surface area contributed by atoms with Crippen LogP contribution in [0, 0.1) is 0 Å². The molecule has 4 amide bonds. The van der Waals surface area contributed by atoms with E-state index < -0.39 is 0 Å². The third-order valence-corrected chi connectivity index (χ3v) is 3.98. The van der Waals surface area contributed by atoms with Crippen molar-refractivity contribution < 1.29 is 19.2 Å². The standard InChI is InChI=1S/C14H18N2O4S/c17-11-5-6-12(18)15(11)7-3-1-2-4-8-16-13(19)9-10(21)14(16)20/h9,21H,1-8H2. The predicted molar refractivity (Wildman–Crippen MR) is 78.2 cm³/mol. The van der Waals surface area contributed by atoms with Crippen molar-refractivity contribution in [2.45, 2.75) is 38.5 Å². The molecular weight excluding hydrogens is 292 g/mol. The Kier molecular flexibility index (Phi) is 5.17. The highest BCUT2D eigenvalue weighted by Gasteiger charge is 2.29. The van der Waals surface area contributed by atoms with E-state index in [2.05, 4.69) is 12.6 Å². The van der Waals surface area contributed by atoms with Gasteiger partial charge in [-0.25, -0.2) is 0 Å². The lowest BCUT2D eigenvalue weighted by Gasteiger charge is -2.15. The van der Waals surface area contributed by atoms with Crippen molar-refractivity contribution >= 4 is 36.3 Å². The molecule has 7 heteroatoms. The van der Waals surface area contributed by atoms with Gasteiger partial charge in [-0.1, -0.05) is 12.8 Å². The lowest BCUT2D eigenvalue weighted by Crippen LogP contribution is -2.31. The van der Waals surface area contributed by atoms with Crippen LogP contribution >= 0.6 is 12.6 Å². The van der Waals surface area contributed by atoms with Crippen molar-refractivity contribution in [3.8, 4) is 0 Å². The Labute approximate surface area is 128 Å². The molecule has 1 saturated heterocycles. The van der Waals surface area contributed by atoms with Crippen molar-refractivity contribution in [3.05, 3.63) is 11.0 Å². The van der Waals surface area contributed by atoms with Gasteiger partial charge in [0.25, 0.3) is 11.8 Å². The molecule has 0 bridgehead atoms. The summed E-state index contributed by atoms with van der Waals surface area (Å²) in [5, 5.41) is 0. The summed E-state index contributed by atoms with van der Waals surface area (Å²) in [5.41, 5.74) is 0. The van der Waals surface area contributed by atoms with Crippen LogP contribution in [0.4, 0.5) is 0 Å². The van der Waals surface area contributed by atoms with Crippen LogP contribution in [0.25, 0.3) is 0 Å². The van der Waals surface area contributed by atoms with Crippen LogP contribution < -0.4 is 0 Å². The number of rotatable bonds is 7. The molecule has 0 atom stereocenters. The number of unbranched alkanes of at least 4 members (excludes halogenated alkanes) is 3. The van der Waals surface area contributed by atoms with E-state index in [9.17, 15) is 19.2 Å². The van der Waals surface area contributed by atoms with Crippen LogP contribution in [0.1, 0.15) is 38.5 Å². The fourth-order valence-electron chi connectivity index (χ4n) is 2.47. The summed E-state index contributed by atoms with van der Waals surface area (Å²) in [5.74, 6) is -0.809. The molecule has 0 aromatic carbocycles. The maximum absolute atomic E-state index is 11.6. The second kappa shape index (κ2) is 6.89. The minimum absolute atomic E-state index is 0.0827. The summed E-state index contributed by atoms with van der Waals surface area (Å²) in [4.78, 5) is 48.5. The van der Waals surface area contributed by atoms with Gasteiger partial charge < -0.3 is 0 Å². The number of carbonyl (C=O) groups excluding carboxylic acids is 4. The quantitative estimate of drug-likeness (QED) is 0.430. The van der Waals surface area contributed by atoms with E-state index in [1.165, 1.54) is 15.9 Å². The summed E-state index contributed by atoms with van der Waals surface area (Å²) in [6, 6.07) is 0. The Hall–Kier alpha value is -1.63. The van der Waals surface area contributed by atoms with Gasteiger partial charge in [0, 0.05) is 32.0 Å². The molecule has 0 aromatic rings. The summed E-state index contributed by atoms with van der Waals surface area (Å²) in [6.45, 7) is 0.862. The smallest absolute Gasteiger partial charge is 0.267 e. The summed E-state index contributed by atoms with van der Waals surface area (Å²) in [6.07, 6.45) is 5.07. The largest absolute Gasteiger partial charge is 0.283 e. The minimum atomic E-state index is -0.336. The molecule has 0 spiro atoms. The maximum Gasteiger partial charge on any atom is 0.267 e. The van der Waals surface area contributed by atoms with Gasteiger partial charge in [-0.15, -0.1) is 12.6 Å². The van der Waals surface area contributed by atoms with Crippen LogP contribution in [0.5, 0.6) is 0 Å². The average Bonchev–Trinajstić information content (AvgIpc) is 2.88. The van der Waals surface area contributed by atoms with Gasteiger partial charge in [0.05, 0.1) is 4.91 Å². The highest BCUT2D eigenvalue weighted by atomic mass is 32.1. The second-order valence-corrected chi connectivity index (χ2v) is 5.66. The van der Waals surface area contributed by atoms with Crippen LogP contribution in [0.2, 0.25) is 0 Å². The van der Waals surface area contributed by atoms with Gasteiger partial charge in [0.2, 0.25) is 11.8 Å². The number of imide groups is 2. The molecule has 0 aromatic heterocycles. The van der Waals surface area contributed by atoms with Crippen molar-refractivity contribution in [3.63, 3.8) is 0 Å². The first-order chi connectivity index (χ1) is 10.0. The normalized spacial score (nSPS) is 19.0. The van der Waals surface area contributed by atoms with Crippen molar-refractivity contribution in [1.29, 1.82) is 0 Å². The zero-order valence-corrected chi connectivity index (χ0v) is 12.6. The fourth-order valence-corrected chi connectivity index (χ4v) is 2.70. The Morgan fingerprint density at radius 1 is 0.857 bits per heavy atom. The van der Waals surface area contributed by atoms with Gasteiger partial charge in [0.1, 0.15) is 0 Å². The SMILES string of the molecule is O=C1C=C(S)C(=O)N1CCCCCCN1C(=O)CCC1=O. The fraction of sp³-hybridized carbons (Fsp3) is 0.571. The molecule has 0 radical (unpaired) electrons.